The minimum absolute atomic E-state index is 0.529. The van der Waals surface area contributed by atoms with Gasteiger partial charge in [0.2, 0.25) is 5.39 Å². The number of rotatable bonds is 2. The Morgan fingerprint density at radius 3 is 2.10 bits per heavy atom. The van der Waals surface area contributed by atoms with Crippen LogP contribution in [0.4, 0.5) is 17.1 Å². The molecule has 0 fully saturated rings. The summed E-state index contributed by atoms with van der Waals surface area (Å²) in [5, 5.41) is 12.0. The van der Waals surface area contributed by atoms with Crippen LogP contribution >= 0.6 is 7.82 Å². The summed E-state index contributed by atoms with van der Waals surface area (Å²) in [7, 11) is -4.89. The third-order valence-electron chi connectivity index (χ3n) is 2.06. The quantitative estimate of drug-likeness (QED) is 0.577. The molecule has 0 saturated carbocycles. The van der Waals surface area contributed by atoms with Crippen molar-refractivity contribution < 1.29 is 19.2 Å². The minimum atomic E-state index is -4.89. The lowest BCUT2D eigenvalue weighted by atomic mass is 10.2. The fourth-order valence-electron chi connectivity index (χ4n) is 1.34. The van der Waals surface area contributed by atoms with Crippen LogP contribution in [0.15, 0.2) is 54.6 Å². The first-order valence-corrected chi connectivity index (χ1v) is 6.96. The van der Waals surface area contributed by atoms with E-state index >= 15 is 0 Å². The molecule has 0 heterocycles. The number of hydrogen-bond acceptors (Lipinski definition) is 4. The van der Waals surface area contributed by atoms with Crippen LogP contribution in [-0.4, -0.2) is 9.79 Å². The third-order valence-corrected chi connectivity index (χ3v) is 2.06. The predicted molar refractivity (Wildman–Crippen MR) is 73.0 cm³/mol. The molecule has 0 spiro atoms. The van der Waals surface area contributed by atoms with Gasteiger partial charge in [0.1, 0.15) is 5.69 Å². The topological polar surface area (TPSA) is 121 Å². The van der Waals surface area contributed by atoms with E-state index in [0.717, 1.165) is 11.4 Å². The molecule has 0 atom stereocenters. The summed E-state index contributed by atoms with van der Waals surface area (Å²) in [5.74, 6) is 0. The van der Waals surface area contributed by atoms with Crippen LogP contribution in [0.5, 0.6) is 0 Å². The van der Waals surface area contributed by atoms with Crippen LogP contribution < -0.4 is 10.2 Å². The van der Waals surface area contributed by atoms with E-state index in [1.807, 2.05) is 48.5 Å². The summed E-state index contributed by atoms with van der Waals surface area (Å²) in [6, 6.07) is 17.1. The molecule has 7 nitrogen and oxygen atoms in total. The second-order valence-electron chi connectivity index (χ2n) is 3.60. The maximum Gasteiger partial charge on any atom is 0.408 e. The molecule has 2 rings (SSSR count). The summed E-state index contributed by atoms with van der Waals surface area (Å²) < 4.78 is 8.77. The second kappa shape index (κ2) is 7.38. The second-order valence-corrected chi connectivity index (χ2v) is 4.58. The average molecular weight is 293 g/mol. The van der Waals surface area contributed by atoms with E-state index < -0.39 is 7.82 Å². The highest BCUT2D eigenvalue weighted by Crippen LogP contribution is 2.27. The Morgan fingerprint density at radius 2 is 1.55 bits per heavy atom. The Hall–Kier alpha value is -2.23. The Kier molecular flexibility index (Phi) is 5.84. The van der Waals surface area contributed by atoms with Gasteiger partial charge in [-0.1, -0.05) is 30.3 Å². The molecule has 0 aromatic heterocycles. The van der Waals surface area contributed by atoms with Gasteiger partial charge >= 0.3 is 5.69 Å². The van der Waals surface area contributed by atoms with Crippen LogP contribution in [0.25, 0.3) is 4.98 Å². The lowest BCUT2D eigenvalue weighted by molar-refractivity contribution is -0.214. The Balaban J connectivity index is 0.000000347. The first kappa shape index (κ1) is 15.8. The predicted octanol–water partition coefficient (Wildman–Crippen LogP) is 2.35. The summed E-state index contributed by atoms with van der Waals surface area (Å²) in [6.45, 7) is 0. The van der Waals surface area contributed by atoms with Crippen molar-refractivity contribution in [2.75, 3.05) is 5.32 Å². The Bertz CT molecular complexity index is 628. The van der Waals surface area contributed by atoms with Crippen molar-refractivity contribution in [2.24, 2.45) is 0 Å². The highest BCUT2D eigenvalue weighted by Gasteiger charge is 2.11. The van der Waals surface area contributed by atoms with Gasteiger partial charge in [-0.25, -0.2) is 0 Å². The summed E-state index contributed by atoms with van der Waals surface area (Å²) >= 11 is 0. The molecule has 0 unspecified atom stereocenters. The van der Waals surface area contributed by atoms with Crippen LogP contribution in [0.2, 0.25) is 0 Å². The van der Waals surface area contributed by atoms with Crippen molar-refractivity contribution in [3.05, 3.63) is 59.6 Å². The van der Waals surface area contributed by atoms with Gasteiger partial charge in [0.25, 0.3) is 7.82 Å². The first-order valence-electron chi connectivity index (χ1n) is 5.43. The molecule has 0 saturated heterocycles. The number of nitrogens with one attached hydrogen (secondary N) is 1. The molecule has 0 aliphatic rings. The zero-order chi connectivity index (χ0) is 15.0. The molecule has 8 heteroatoms. The van der Waals surface area contributed by atoms with Crippen molar-refractivity contribution in [1.29, 1.82) is 5.39 Å². The van der Waals surface area contributed by atoms with Gasteiger partial charge in [-0.3, -0.25) is 4.57 Å². The largest absolute Gasteiger partial charge is 0.756 e. The summed E-state index contributed by atoms with van der Waals surface area (Å²) in [5.41, 5.74) is 2.28. The maximum absolute atomic E-state index is 8.78. The van der Waals surface area contributed by atoms with Gasteiger partial charge in [-0.2, -0.15) is 0 Å². The third kappa shape index (κ3) is 6.64. The maximum atomic E-state index is 8.78. The van der Waals surface area contributed by atoms with E-state index in [-0.39, 0.29) is 0 Å². The van der Waals surface area contributed by atoms with E-state index in [9.17, 15) is 0 Å². The zero-order valence-electron chi connectivity index (χ0n) is 10.2. The van der Waals surface area contributed by atoms with Crippen molar-refractivity contribution >= 4 is 24.9 Å². The lowest BCUT2D eigenvalue weighted by Gasteiger charge is -2.02. The number of para-hydroxylation sites is 2. The van der Waals surface area contributed by atoms with E-state index in [2.05, 4.69) is 10.3 Å². The molecule has 0 aliphatic heterocycles. The van der Waals surface area contributed by atoms with Gasteiger partial charge in [0.05, 0.1) is 0 Å². The Labute approximate surface area is 115 Å². The molecule has 3 N–H and O–H groups in total. The molecule has 2 aromatic rings. The number of diazo groups is 1. The number of phosphoric acid groups is 1. The molecular weight excluding hydrogens is 281 g/mol. The van der Waals surface area contributed by atoms with Crippen molar-refractivity contribution in [1.82, 2.24) is 0 Å². The van der Waals surface area contributed by atoms with Crippen LogP contribution in [0.3, 0.4) is 0 Å². The van der Waals surface area contributed by atoms with Gasteiger partial charge in [0, 0.05) is 11.8 Å². The fourth-order valence-corrected chi connectivity index (χ4v) is 1.34. The fraction of sp³-hybridized carbons (Fsp3) is 0. The zero-order valence-corrected chi connectivity index (χ0v) is 11.1. The highest BCUT2D eigenvalue weighted by atomic mass is 31.2. The van der Waals surface area contributed by atoms with Gasteiger partial charge in [-0.05, 0) is 18.2 Å². The van der Waals surface area contributed by atoms with E-state index in [4.69, 9.17) is 24.6 Å². The van der Waals surface area contributed by atoms with Crippen LogP contribution in [0, 0.1) is 5.39 Å². The van der Waals surface area contributed by atoms with Gasteiger partial charge in [-0.15, -0.1) is 0 Å². The smallest absolute Gasteiger partial charge is 0.408 e. The monoisotopic (exact) mass is 293 g/mol. The van der Waals surface area contributed by atoms with E-state index in [1.54, 1.807) is 6.07 Å². The normalized spacial score (nSPS) is 9.90. The molecule has 0 aliphatic carbocycles. The molecule has 104 valence electrons. The standard InChI is InChI=1S/C12H10N3.H3O4P/c13-15-12-9-5-4-8-11(12)14-10-6-2-1-3-7-10;1-5(2,3)4/h1-9,14H;(H3,1,2,3,4)/q+1;/p-1. The van der Waals surface area contributed by atoms with Crippen molar-refractivity contribution in [2.45, 2.75) is 0 Å². The summed E-state index contributed by atoms with van der Waals surface area (Å²) in [6.07, 6.45) is 0. The number of anilines is 2. The van der Waals surface area contributed by atoms with E-state index in [1.165, 1.54) is 0 Å². The number of hydrogen-bond donors (Lipinski definition) is 3. The van der Waals surface area contributed by atoms with E-state index in [0.29, 0.717) is 5.69 Å². The molecule has 0 radical (unpaired) electrons. The highest BCUT2D eigenvalue weighted by molar-refractivity contribution is 7.43. The van der Waals surface area contributed by atoms with Gasteiger partial charge in [0.15, 0.2) is 4.98 Å². The lowest BCUT2D eigenvalue weighted by Crippen LogP contribution is -1.94. The molecule has 0 amide bonds. The van der Waals surface area contributed by atoms with Crippen molar-refractivity contribution in [3.63, 3.8) is 0 Å². The first-order chi connectivity index (χ1) is 9.40. The minimum Gasteiger partial charge on any atom is -0.756 e. The Morgan fingerprint density at radius 1 is 1.05 bits per heavy atom. The molecule has 2 aromatic carbocycles. The van der Waals surface area contributed by atoms with Gasteiger partial charge < -0.3 is 20.0 Å². The number of benzene rings is 2. The van der Waals surface area contributed by atoms with Crippen LogP contribution in [0.1, 0.15) is 0 Å². The van der Waals surface area contributed by atoms with Crippen LogP contribution in [-0.2, 0) is 4.57 Å². The molecule has 20 heavy (non-hydrogen) atoms. The average Bonchev–Trinajstić information content (AvgIpc) is 2.39. The number of nitrogens with zero attached hydrogens (tertiary/aromatic N) is 2. The van der Waals surface area contributed by atoms with Crippen molar-refractivity contribution in [3.8, 4) is 0 Å². The SMILES string of the molecule is N#[N+]c1ccccc1Nc1ccccc1.O=P([O-])(O)O. The molecule has 0 bridgehead atoms. The summed E-state index contributed by atoms with van der Waals surface area (Å²) in [4.78, 5) is 26.1. The molecular formula is C12H12N3O4P.